The normalized spacial score (nSPS) is 16.9. The molecular weight excluding hydrogens is 319 g/mol. The third kappa shape index (κ3) is 5.88. The van der Waals surface area contributed by atoms with E-state index in [4.69, 9.17) is 4.74 Å². The molecule has 0 aromatic heterocycles. The zero-order valence-electron chi connectivity index (χ0n) is 15.8. The summed E-state index contributed by atoms with van der Waals surface area (Å²) >= 11 is 0. The molecule has 1 aromatic rings. The zero-order chi connectivity index (χ0) is 18.2. The Hall–Kier alpha value is -1.82. The van der Waals surface area contributed by atoms with Crippen molar-refractivity contribution in [2.75, 3.05) is 37.7 Å². The first-order valence-corrected chi connectivity index (χ1v) is 9.17. The van der Waals surface area contributed by atoms with Gasteiger partial charge >= 0.3 is 0 Å². The minimum Gasteiger partial charge on any atom is -0.378 e. The van der Waals surface area contributed by atoms with Crippen LogP contribution in [-0.2, 0) is 11.3 Å². The van der Waals surface area contributed by atoms with E-state index in [0.717, 1.165) is 31.2 Å². The van der Waals surface area contributed by atoms with Crippen molar-refractivity contribution >= 4 is 11.6 Å². The second kappa shape index (κ2) is 9.61. The van der Waals surface area contributed by atoms with Crippen LogP contribution in [0.3, 0.4) is 0 Å². The molecule has 0 amide bonds. The summed E-state index contributed by atoms with van der Waals surface area (Å²) in [5.41, 5.74) is 1.51. The molecule has 5 nitrogen and oxygen atoms in total. The van der Waals surface area contributed by atoms with E-state index in [1.54, 1.807) is 6.07 Å². The van der Waals surface area contributed by atoms with Gasteiger partial charge in [-0.2, -0.15) is 0 Å². The molecule has 25 heavy (non-hydrogen) atoms. The summed E-state index contributed by atoms with van der Waals surface area (Å²) in [4.78, 5) is 6.61. The lowest BCUT2D eigenvalue weighted by atomic mass is 10.1. The molecule has 0 radical (unpaired) electrons. The summed E-state index contributed by atoms with van der Waals surface area (Å²) in [6.07, 6.45) is 0. The van der Waals surface area contributed by atoms with E-state index in [1.165, 1.54) is 0 Å². The van der Waals surface area contributed by atoms with Gasteiger partial charge in [-0.25, -0.2) is 9.38 Å². The van der Waals surface area contributed by atoms with Crippen LogP contribution in [0, 0.1) is 11.7 Å². The van der Waals surface area contributed by atoms with E-state index in [2.05, 4.69) is 36.4 Å². The number of rotatable bonds is 6. The highest BCUT2D eigenvalue weighted by Crippen LogP contribution is 2.22. The second-order valence-electron chi connectivity index (χ2n) is 6.76. The largest absolute Gasteiger partial charge is 0.378 e. The molecule has 140 valence electrons. The van der Waals surface area contributed by atoms with Crippen LogP contribution in [-0.4, -0.2) is 44.8 Å². The fourth-order valence-electron chi connectivity index (χ4n) is 2.58. The van der Waals surface area contributed by atoms with E-state index in [9.17, 15) is 4.39 Å². The molecule has 0 bridgehead atoms. The van der Waals surface area contributed by atoms with Gasteiger partial charge in [-0.05, 0) is 37.5 Å². The van der Waals surface area contributed by atoms with Crippen LogP contribution in [0.1, 0.15) is 33.3 Å². The predicted molar refractivity (Wildman–Crippen MR) is 102 cm³/mol. The van der Waals surface area contributed by atoms with Crippen molar-refractivity contribution in [3.8, 4) is 0 Å². The maximum atomic E-state index is 14.5. The molecule has 0 aliphatic carbocycles. The number of aliphatic imine (C=N–C) groups is 1. The molecule has 0 spiro atoms. The number of hydrogen-bond donors (Lipinski definition) is 2. The molecule has 0 saturated carbocycles. The quantitative estimate of drug-likeness (QED) is 0.612. The number of nitrogens with one attached hydrogen (secondary N) is 2. The average Bonchev–Trinajstić information content (AvgIpc) is 2.60. The van der Waals surface area contributed by atoms with Gasteiger partial charge in [0.05, 0.1) is 25.4 Å². The number of guanidine groups is 1. The van der Waals surface area contributed by atoms with Crippen LogP contribution in [0.25, 0.3) is 0 Å². The molecule has 1 atom stereocenters. The summed E-state index contributed by atoms with van der Waals surface area (Å²) < 4.78 is 19.8. The lowest BCUT2D eigenvalue weighted by Crippen LogP contribution is -2.44. The van der Waals surface area contributed by atoms with Crippen molar-refractivity contribution in [2.24, 2.45) is 10.9 Å². The molecule has 1 aromatic carbocycles. The van der Waals surface area contributed by atoms with Crippen LogP contribution >= 0.6 is 0 Å². The van der Waals surface area contributed by atoms with Crippen molar-refractivity contribution in [3.05, 3.63) is 29.6 Å². The van der Waals surface area contributed by atoms with Crippen LogP contribution < -0.4 is 15.5 Å². The first kappa shape index (κ1) is 19.5. The van der Waals surface area contributed by atoms with Gasteiger partial charge in [-0.3, -0.25) is 0 Å². The number of halogens is 1. The standard InChI is InChI=1S/C19H31FN4O/c1-5-21-19(23-15(4)14(2)3)22-13-16-6-7-18(17(20)12-16)24-8-10-25-11-9-24/h6-7,12,14-15H,5,8-11,13H2,1-4H3,(H2,21,22,23). The molecule has 1 heterocycles. The van der Waals surface area contributed by atoms with Gasteiger partial charge in [0.1, 0.15) is 5.82 Å². The van der Waals surface area contributed by atoms with Crippen molar-refractivity contribution in [1.82, 2.24) is 10.6 Å². The van der Waals surface area contributed by atoms with Crippen LogP contribution in [0.5, 0.6) is 0 Å². The van der Waals surface area contributed by atoms with E-state index < -0.39 is 0 Å². The SMILES string of the molecule is CCNC(=NCc1ccc(N2CCOCC2)c(F)c1)NC(C)C(C)C. The summed E-state index contributed by atoms with van der Waals surface area (Å²) in [6, 6.07) is 5.71. The Morgan fingerprint density at radius 3 is 2.60 bits per heavy atom. The third-order valence-electron chi connectivity index (χ3n) is 4.49. The highest BCUT2D eigenvalue weighted by molar-refractivity contribution is 5.80. The van der Waals surface area contributed by atoms with Gasteiger partial charge < -0.3 is 20.3 Å². The maximum Gasteiger partial charge on any atom is 0.191 e. The molecule has 1 aliphatic rings. The molecular formula is C19H31FN4O. The van der Waals surface area contributed by atoms with Gasteiger partial charge in [0.2, 0.25) is 0 Å². The van der Waals surface area contributed by atoms with Gasteiger partial charge in [0.25, 0.3) is 0 Å². The highest BCUT2D eigenvalue weighted by Gasteiger charge is 2.15. The third-order valence-corrected chi connectivity index (χ3v) is 4.49. The number of hydrogen-bond acceptors (Lipinski definition) is 3. The fraction of sp³-hybridized carbons (Fsp3) is 0.632. The Labute approximate surface area is 150 Å². The summed E-state index contributed by atoms with van der Waals surface area (Å²) in [7, 11) is 0. The lowest BCUT2D eigenvalue weighted by molar-refractivity contribution is 0.122. The molecule has 1 unspecified atom stereocenters. The van der Waals surface area contributed by atoms with E-state index in [0.29, 0.717) is 37.4 Å². The van der Waals surface area contributed by atoms with E-state index in [-0.39, 0.29) is 5.82 Å². The Morgan fingerprint density at radius 1 is 1.28 bits per heavy atom. The first-order valence-electron chi connectivity index (χ1n) is 9.17. The average molecular weight is 350 g/mol. The van der Waals surface area contributed by atoms with Crippen molar-refractivity contribution in [3.63, 3.8) is 0 Å². The van der Waals surface area contributed by atoms with Crippen LogP contribution in [0.15, 0.2) is 23.2 Å². The molecule has 6 heteroatoms. The van der Waals surface area contributed by atoms with Gasteiger partial charge in [-0.1, -0.05) is 19.9 Å². The van der Waals surface area contributed by atoms with Gasteiger partial charge in [0.15, 0.2) is 5.96 Å². The minimum atomic E-state index is -0.192. The van der Waals surface area contributed by atoms with Crippen LogP contribution in [0.4, 0.5) is 10.1 Å². The first-order chi connectivity index (χ1) is 12.0. The Kier molecular flexibility index (Phi) is 7.50. The maximum absolute atomic E-state index is 14.5. The van der Waals surface area contributed by atoms with Gasteiger partial charge in [0, 0.05) is 25.7 Å². The summed E-state index contributed by atoms with van der Waals surface area (Å²) in [5, 5.41) is 6.63. The van der Waals surface area contributed by atoms with Crippen molar-refractivity contribution in [2.45, 2.75) is 40.3 Å². The summed E-state index contributed by atoms with van der Waals surface area (Å²) in [6.45, 7) is 12.5. The second-order valence-corrected chi connectivity index (χ2v) is 6.76. The van der Waals surface area contributed by atoms with Gasteiger partial charge in [-0.15, -0.1) is 0 Å². The fourth-order valence-corrected chi connectivity index (χ4v) is 2.58. The number of nitrogens with zero attached hydrogens (tertiary/aromatic N) is 2. The molecule has 2 N–H and O–H groups in total. The summed E-state index contributed by atoms with van der Waals surface area (Å²) in [5.74, 6) is 1.08. The smallest absolute Gasteiger partial charge is 0.191 e. The number of ether oxygens (including phenoxy) is 1. The van der Waals surface area contributed by atoms with E-state index >= 15 is 0 Å². The number of morpholine rings is 1. The molecule has 1 aliphatic heterocycles. The monoisotopic (exact) mass is 350 g/mol. The zero-order valence-corrected chi connectivity index (χ0v) is 15.8. The molecule has 2 rings (SSSR count). The highest BCUT2D eigenvalue weighted by atomic mass is 19.1. The lowest BCUT2D eigenvalue weighted by Gasteiger charge is -2.29. The Bertz CT molecular complexity index is 571. The van der Waals surface area contributed by atoms with Crippen molar-refractivity contribution < 1.29 is 9.13 Å². The topological polar surface area (TPSA) is 48.9 Å². The minimum absolute atomic E-state index is 0.192. The van der Waals surface area contributed by atoms with Crippen LogP contribution in [0.2, 0.25) is 0 Å². The molecule has 1 saturated heterocycles. The van der Waals surface area contributed by atoms with E-state index in [1.807, 2.05) is 24.0 Å². The number of benzene rings is 1. The number of anilines is 1. The molecule has 1 fully saturated rings. The Morgan fingerprint density at radius 2 is 2.00 bits per heavy atom. The Balaban J connectivity index is 2.03. The van der Waals surface area contributed by atoms with Crippen molar-refractivity contribution in [1.29, 1.82) is 0 Å². The predicted octanol–water partition coefficient (Wildman–Crippen LogP) is 2.76.